The third kappa shape index (κ3) is 4.30. The molecule has 0 aliphatic heterocycles. The zero-order valence-corrected chi connectivity index (χ0v) is 11.8. The molecule has 0 atom stereocenters. The van der Waals surface area contributed by atoms with Crippen LogP contribution in [0.25, 0.3) is 0 Å². The SMILES string of the molecule is CNCCN(C)C(=O)[C@H]1CC[C@H](C(C)C)CC1. The van der Waals surface area contributed by atoms with E-state index in [2.05, 4.69) is 19.2 Å². The largest absolute Gasteiger partial charge is 0.344 e. The van der Waals surface area contributed by atoms with E-state index < -0.39 is 0 Å². The summed E-state index contributed by atoms with van der Waals surface area (Å²) in [5.41, 5.74) is 0. The first-order valence-corrected chi connectivity index (χ1v) is 6.95. The third-order valence-corrected chi connectivity index (χ3v) is 4.14. The van der Waals surface area contributed by atoms with Gasteiger partial charge in [0.25, 0.3) is 0 Å². The predicted octanol–water partition coefficient (Wildman–Crippen LogP) is 2.13. The Kier molecular flexibility index (Phi) is 5.96. The Hall–Kier alpha value is -0.570. The highest BCUT2D eigenvalue weighted by atomic mass is 16.2. The van der Waals surface area contributed by atoms with Crippen LogP contribution in [-0.4, -0.2) is 38.0 Å². The Morgan fingerprint density at radius 2 is 1.88 bits per heavy atom. The average Bonchev–Trinajstić information content (AvgIpc) is 2.35. The lowest BCUT2D eigenvalue weighted by Crippen LogP contribution is -2.38. The molecule has 1 amide bonds. The molecule has 17 heavy (non-hydrogen) atoms. The molecule has 1 aliphatic carbocycles. The van der Waals surface area contributed by atoms with Crippen LogP contribution in [0.3, 0.4) is 0 Å². The zero-order valence-electron chi connectivity index (χ0n) is 11.8. The molecular formula is C14H28N2O. The standard InChI is InChI=1S/C14H28N2O/c1-11(2)12-5-7-13(8-6-12)14(17)16(4)10-9-15-3/h11-13,15H,5-10H2,1-4H3/t12-,13-. The Labute approximate surface area is 106 Å². The molecule has 0 spiro atoms. The second kappa shape index (κ2) is 7.00. The van der Waals surface area contributed by atoms with Crippen molar-refractivity contribution in [3.63, 3.8) is 0 Å². The molecule has 1 rings (SSSR count). The zero-order chi connectivity index (χ0) is 12.8. The molecule has 3 heteroatoms. The van der Waals surface area contributed by atoms with E-state index in [1.54, 1.807) is 0 Å². The van der Waals surface area contributed by atoms with Gasteiger partial charge in [-0.1, -0.05) is 13.8 Å². The monoisotopic (exact) mass is 240 g/mol. The van der Waals surface area contributed by atoms with Crippen LogP contribution >= 0.6 is 0 Å². The summed E-state index contributed by atoms with van der Waals surface area (Å²) >= 11 is 0. The van der Waals surface area contributed by atoms with Gasteiger partial charge in [0, 0.05) is 26.1 Å². The second-order valence-electron chi connectivity index (χ2n) is 5.72. The quantitative estimate of drug-likeness (QED) is 0.798. The van der Waals surface area contributed by atoms with Crippen molar-refractivity contribution in [2.24, 2.45) is 17.8 Å². The molecule has 0 aromatic carbocycles. The van der Waals surface area contributed by atoms with Gasteiger partial charge in [0.05, 0.1) is 0 Å². The van der Waals surface area contributed by atoms with E-state index in [1.165, 1.54) is 12.8 Å². The van der Waals surface area contributed by atoms with Gasteiger partial charge in [-0.25, -0.2) is 0 Å². The Morgan fingerprint density at radius 1 is 1.29 bits per heavy atom. The van der Waals surface area contributed by atoms with Gasteiger partial charge in [-0.3, -0.25) is 4.79 Å². The molecule has 3 nitrogen and oxygen atoms in total. The highest BCUT2D eigenvalue weighted by Gasteiger charge is 2.28. The summed E-state index contributed by atoms with van der Waals surface area (Å²) in [6, 6.07) is 0. The van der Waals surface area contributed by atoms with Crippen LogP contribution in [0.2, 0.25) is 0 Å². The summed E-state index contributed by atoms with van der Waals surface area (Å²) in [6.07, 6.45) is 4.64. The third-order valence-electron chi connectivity index (χ3n) is 4.14. The number of carbonyl (C=O) groups excluding carboxylic acids is 1. The van der Waals surface area contributed by atoms with E-state index in [0.717, 1.165) is 37.8 Å². The van der Waals surface area contributed by atoms with Crippen molar-refractivity contribution in [2.75, 3.05) is 27.2 Å². The summed E-state index contributed by atoms with van der Waals surface area (Å²) < 4.78 is 0. The van der Waals surface area contributed by atoms with Crippen molar-refractivity contribution in [2.45, 2.75) is 39.5 Å². The van der Waals surface area contributed by atoms with Gasteiger partial charge in [-0.15, -0.1) is 0 Å². The van der Waals surface area contributed by atoms with E-state index in [0.29, 0.717) is 5.91 Å². The minimum Gasteiger partial charge on any atom is -0.344 e. The van der Waals surface area contributed by atoms with E-state index in [-0.39, 0.29) is 5.92 Å². The lowest BCUT2D eigenvalue weighted by molar-refractivity contribution is -0.135. The number of rotatable bonds is 5. The maximum atomic E-state index is 12.2. The molecule has 0 radical (unpaired) electrons. The van der Waals surface area contributed by atoms with Crippen molar-refractivity contribution in [1.29, 1.82) is 0 Å². The normalized spacial score (nSPS) is 25.0. The fourth-order valence-corrected chi connectivity index (χ4v) is 2.73. The molecule has 1 aliphatic rings. The van der Waals surface area contributed by atoms with Crippen molar-refractivity contribution >= 4 is 5.91 Å². The number of carbonyl (C=O) groups is 1. The molecule has 0 bridgehead atoms. The number of nitrogens with one attached hydrogen (secondary N) is 1. The lowest BCUT2D eigenvalue weighted by Gasteiger charge is -2.32. The fraction of sp³-hybridized carbons (Fsp3) is 0.929. The van der Waals surface area contributed by atoms with E-state index >= 15 is 0 Å². The van der Waals surface area contributed by atoms with Crippen LogP contribution in [0, 0.1) is 17.8 Å². The first-order valence-electron chi connectivity index (χ1n) is 6.95. The molecule has 0 aromatic heterocycles. The Balaban J connectivity index is 2.35. The summed E-state index contributed by atoms with van der Waals surface area (Å²) in [5.74, 6) is 2.24. The van der Waals surface area contributed by atoms with Gasteiger partial charge in [0.15, 0.2) is 0 Å². The van der Waals surface area contributed by atoms with Crippen LogP contribution in [0.4, 0.5) is 0 Å². The lowest BCUT2D eigenvalue weighted by atomic mass is 9.76. The van der Waals surface area contributed by atoms with Gasteiger partial charge in [-0.2, -0.15) is 0 Å². The molecular weight excluding hydrogens is 212 g/mol. The smallest absolute Gasteiger partial charge is 0.225 e. The molecule has 0 aromatic rings. The minimum absolute atomic E-state index is 0.284. The number of nitrogens with zero attached hydrogens (tertiary/aromatic N) is 1. The maximum absolute atomic E-state index is 12.2. The van der Waals surface area contributed by atoms with Crippen LogP contribution in [-0.2, 0) is 4.79 Å². The Morgan fingerprint density at radius 3 is 2.35 bits per heavy atom. The van der Waals surface area contributed by atoms with Crippen molar-refractivity contribution in [3.05, 3.63) is 0 Å². The molecule has 0 saturated heterocycles. The van der Waals surface area contributed by atoms with Crippen LogP contribution < -0.4 is 5.32 Å². The average molecular weight is 240 g/mol. The van der Waals surface area contributed by atoms with Crippen LogP contribution in [0.1, 0.15) is 39.5 Å². The summed E-state index contributed by atoms with van der Waals surface area (Å²) in [5, 5.41) is 3.08. The van der Waals surface area contributed by atoms with Crippen LogP contribution in [0.5, 0.6) is 0 Å². The summed E-state index contributed by atoms with van der Waals surface area (Å²) in [7, 11) is 3.85. The van der Waals surface area contributed by atoms with Gasteiger partial charge >= 0.3 is 0 Å². The minimum atomic E-state index is 0.284. The van der Waals surface area contributed by atoms with E-state index in [4.69, 9.17) is 0 Å². The Bertz CT molecular complexity index is 232. The van der Waals surface area contributed by atoms with Gasteiger partial charge in [0.2, 0.25) is 5.91 Å². The molecule has 100 valence electrons. The highest BCUT2D eigenvalue weighted by Crippen LogP contribution is 2.33. The first-order chi connectivity index (χ1) is 8.06. The highest BCUT2D eigenvalue weighted by molar-refractivity contribution is 5.78. The topological polar surface area (TPSA) is 32.3 Å². The summed E-state index contributed by atoms with van der Waals surface area (Å²) in [6.45, 7) is 6.29. The summed E-state index contributed by atoms with van der Waals surface area (Å²) in [4.78, 5) is 14.1. The molecule has 0 heterocycles. The van der Waals surface area contributed by atoms with Crippen molar-refractivity contribution in [1.82, 2.24) is 10.2 Å². The number of amides is 1. The molecule has 1 N–H and O–H groups in total. The number of hydrogen-bond acceptors (Lipinski definition) is 2. The van der Waals surface area contributed by atoms with Gasteiger partial charge in [0.1, 0.15) is 0 Å². The number of hydrogen-bond donors (Lipinski definition) is 1. The predicted molar refractivity (Wildman–Crippen MR) is 71.8 cm³/mol. The molecule has 1 saturated carbocycles. The van der Waals surface area contributed by atoms with Crippen molar-refractivity contribution in [3.8, 4) is 0 Å². The van der Waals surface area contributed by atoms with Crippen LogP contribution in [0.15, 0.2) is 0 Å². The van der Waals surface area contributed by atoms with E-state index in [1.807, 2.05) is 19.0 Å². The molecule has 1 fully saturated rings. The second-order valence-corrected chi connectivity index (χ2v) is 5.72. The fourth-order valence-electron chi connectivity index (χ4n) is 2.73. The first kappa shape index (κ1) is 14.5. The van der Waals surface area contributed by atoms with E-state index in [9.17, 15) is 4.79 Å². The number of likely N-dealkylation sites (N-methyl/N-ethyl adjacent to an activating group) is 2. The van der Waals surface area contributed by atoms with Gasteiger partial charge in [-0.05, 0) is 44.6 Å². The van der Waals surface area contributed by atoms with Gasteiger partial charge < -0.3 is 10.2 Å². The maximum Gasteiger partial charge on any atom is 0.225 e. The molecule has 0 unspecified atom stereocenters. The van der Waals surface area contributed by atoms with Crippen molar-refractivity contribution < 1.29 is 4.79 Å².